The average Bonchev–Trinajstić information content (AvgIpc) is 2.93. The fraction of sp³-hybridized carbons (Fsp3) is 0.387. The van der Waals surface area contributed by atoms with Crippen molar-refractivity contribution in [2.24, 2.45) is 5.92 Å². The highest BCUT2D eigenvalue weighted by molar-refractivity contribution is 6.36. The number of esters is 1. The first-order valence-electron chi connectivity index (χ1n) is 13.6. The van der Waals surface area contributed by atoms with Gasteiger partial charge in [-0.1, -0.05) is 74.5 Å². The zero-order chi connectivity index (χ0) is 30.3. The normalized spacial score (nSPS) is 15.9. The molecule has 41 heavy (non-hydrogen) atoms. The van der Waals surface area contributed by atoms with Crippen LogP contribution < -0.4 is 0 Å². The number of amides is 3. The number of benzene rings is 2. The fourth-order valence-corrected chi connectivity index (χ4v) is 4.66. The van der Waals surface area contributed by atoms with Crippen LogP contribution in [0, 0.1) is 5.92 Å². The van der Waals surface area contributed by atoms with E-state index in [1.54, 1.807) is 95.3 Å². The Balaban J connectivity index is 2.26. The van der Waals surface area contributed by atoms with Crippen molar-refractivity contribution in [2.75, 3.05) is 6.61 Å². The molecular formula is C31H37N3O7. The minimum atomic E-state index is -1.42. The van der Waals surface area contributed by atoms with E-state index in [0.29, 0.717) is 11.1 Å². The first-order valence-corrected chi connectivity index (χ1v) is 13.6. The summed E-state index contributed by atoms with van der Waals surface area (Å²) in [4.78, 5) is 68.6. The second kappa shape index (κ2) is 13.7. The molecule has 0 spiro atoms. The van der Waals surface area contributed by atoms with Crippen molar-refractivity contribution in [3.05, 3.63) is 78.0 Å². The van der Waals surface area contributed by atoms with Crippen LogP contribution in [-0.4, -0.2) is 69.4 Å². The predicted molar refractivity (Wildman–Crippen MR) is 151 cm³/mol. The van der Waals surface area contributed by atoms with Gasteiger partial charge < -0.3 is 9.47 Å². The Hall–Kier alpha value is -4.47. The Bertz CT molecular complexity index is 1290. The molecule has 0 N–H and O–H groups in total. The average molecular weight is 564 g/mol. The maximum Gasteiger partial charge on any atom is 0.414 e. The molecule has 2 atom stereocenters. The summed E-state index contributed by atoms with van der Waals surface area (Å²) in [5.74, 6) is -3.78. The lowest BCUT2D eigenvalue weighted by Crippen LogP contribution is -2.64. The maximum absolute atomic E-state index is 14.4. The summed E-state index contributed by atoms with van der Waals surface area (Å²) in [6.45, 7) is 9.73. The highest BCUT2D eigenvalue weighted by atomic mass is 16.6. The van der Waals surface area contributed by atoms with Gasteiger partial charge in [0.1, 0.15) is 12.1 Å². The number of ether oxygens (including phenoxy) is 2. The van der Waals surface area contributed by atoms with E-state index in [-0.39, 0.29) is 18.7 Å². The van der Waals surface area contributed by atoms with Gasteiger partial charge in [0.15, 0.2) is 0 Å². The Labute approximate surface area is 240 Å². The Morgan fingerprint density at radius 3 is 2.02 bits per heavy atom. The van der Waals surface area contributed by atoms with Crippen molar-refractivity contribution in [3.63, 3.8) is 0 Å². The third kappa shape index (κ3) is 7.19. The molecule has 0 aliphatic carbocycles. The second-order valence-electron chi connectivity index (χ2n) is 10.2. The number of carbonyl (C=O) groups is 5. The molecule has 218 valence electrons. The first-order chi connectivity index (χ1) is 19.5. The number of hydrogen-bond acceptors (Lipinski definition) is 7. The zero-order valence-corrected chi connectivity index (χ0v) is 24.3. The number of hydrazine groups is 1. The van der Waals surface area contributed by atoms with Crippen LogP contribution in [0.5, 0.6) is 0 Å². The predicted octanol–water partition coefficient (Wildman–Crippen LogP) is 4.21. The molecule has 10 heteroatoms. The van der Waals surface area contributed by atoms with Crippen LogP contribution in [0.2, 0.25) is 0 Å². The van der Waals surface area contributed by atoms with E-state index in [1.807, 2.05) is 0 Å². The van der Waals surface area contributed by atoms with E-state index in [0.717, 1.165) is 10.0 Å². The Morgan fingerprint density at radius 2 is 1.51 bits per heavy atom. The second-order valence-corrected chi connectivity index (χ2v) is 10.2. The molecule has 0 saturated heterocycles. The lowest BCUT2D eigenvalue weighted by atomic mass is 9.97. The number of carbonyl (C=O) groups excluding carboxylic acids is 5. The minimum Gasteiger partial charge on any atom is -0.457 e. The molecule has 1 aliphatic heterocycles. The van der Waals surface area contributed by atoms with Crippen LogP contribution in [0.15, 0.2) is 66.9 Å². The van der Waals surface area contributed by atoms with Crippen LogP contribution >= 0.6 is 0 Å². The number of Topliss-reactive ketones (excluding diaryl/α,β-unsaturated/α-hetero) is 1. The van der Waals surface area contributed by atoms with Gasteiger partial charge in [-0.25, -0.2) is 19.6 Å². The van der Waals surface area contributed by atoms with E-state index >= 15 is 0 Å². The molecule has 2 aromatic carbocycles. The molecule has 1 aliphatic rings. The standard InChI is InChI=1S/C31H37N3O7/c1-7-40-31(39)32-19-26(24-16-12-9-13-17-24)34(29(37)27(32)20(2)3)33(22(6)35)25(18-23-14-10-8-11-15-23)28(36)30(38)41-21(4)5/h8-17,19-21,25,27H,7,18H2,1-6H3/t25-,27?/m0/s1. The van der Waals surface area contributed by atoms with Gasteiger partial charge in [0.05, 0.1) is 18.4 Å². The molecular weight excluding hydrogens is 526 g/mol. The quantitative estimate of drug-likeness (QED) is 0.314. The largest absolute Gasteiger partial charge is 0.457 e. The molecule has 2 aromatic rings. The van der Waals surface area contributed by atoms with Crippen LogP contribution in [0.3, 0.4) is 0 Å². The van der Waals surface area contributed by atoms with Crippen molar-refractivity contribution in [1.82, 2.24) is 14.9 Å². The Morgan fingerprint density at radius 1 is 0.927 bits per heavy atom. The monoisotopic (exact) mass is 563 g/mol. The highest BCUT2D eigenvalue weighted by Crippen LogP contribution is 2.33. The number of rotatable bonds is 10. The van der Waals surface area contributed by atoms with Gasteiger partial charge in [-0.2, -0.15) is 0 Å². The van der Waals surface area contributed by atoms with Gasteiger partial charge in [-0.15, -0.1) is 0 Å². The van der Waals surface area contributed by atoms with Crippen molar-refractivity contribution in [1.29, 1.82) is 0 Å². The van der Waals surface area contributed by atoms with Gasteiger partial charge >= 0.3 is 12.1 Å². The Kier molecular flexibility index (Phi) is 10.4. The van der Waals surface area contributed by atoms with Crippen LogP contribution in [0.1, 0.15) is 52.7 Å². The molecule has 0 fully saturated rings. The third-order valence-corrected chi connectivity index (χ3v) is 6.38. The topological polar surface area (TPSA) is 114 Å². The molecule has 10 nitrogen and oxygen atoms in total. The molecule has 3 rings (SSSR count). The molecule has 1 unspecified atom stereocenters. The van der Waals surface area contributed by atoms with E-state index in [1.165, 1.54) is 18.0 Å². The lowest BCUT2D eigenvalue weighted by Gasteiger charge is -2.46. The summed E-state index contributed by atoms with van der Waals surface area (Å²) in [6, 6.07) is 15.1. The fourth-order valence-electron chi connectivity index (χ4n) is 4.66. The van der Waals surface area contributed by atoms with Crippen LogP contribution in [-0.2, 0) is 35.1 Å². The van der Waals surface area contributed by atoms with Crippen LogP contribution in [0.4, 0.5) is 4.79 Å². The van der Waals surface area contributed by atoms with Crippen molar-refractivity contribution in [3.8, 4) is 0 Å². The molecule has 0 bridgehead atoms. The van der Waals surface area contributed by atoms with E-state index in [9.17, 15) is 24.0 Å². The van der Waals surface area contributed by atoms with E-state index in [4.69, 9.17) is 9.47 Å². The van der Waals surface area contributed by atoms with Gasteiger partial charge in [-0.05, 0) is 32.3 Å². The van der Waals surface area contributed by atoms with Crippen molar-refractivity contribution < 1.29 is 33.4 Å². The summed E-state index contributed by atoms with van der Waals surface area (Å²) in [6.07, 6.45) is 0.0896. The molecule has 0 saturated carbocycles. The maximum atomic E-state index is 14.4. The SMILES string of the molecule is CCOC(=O)N1C=C(c2ccccc2)N(N(C(C)=O)[C@@H](Cc2ccccc2)C(=O)C(=O)OC(C)C)C(=O)C1C(C)C. The van der Waals surface area contributed by atoms with Crippen LogP contribution in [0.25, 0.3) is 5.70 Å². The zero-order valence-electron chi connectivity index (χ0n) is 24.3. The molecule has 0 aromatic heterocycles. The van der Waals surface area contributed by atoms with Gasteiger partial charge in [0.25, 0.3) is 11.7 Å². The summed E-state index contributed by atoms with van der Waals surface area (Å²) in [5, 5.41) is 2.13. The number of ketones is 1. The van der Waals surface area contributed by atoms with E-state index < -0.39 is 53.8 Å². The molecule has 1 heterocycles. The lowest BCUT2D eigenvalue weighted by molar-refractivity contribution is -0.171. The highest BCUT2D eigenvalue weighted by Gasteiger charge is 2.47. The molecule has 3 amide bonds. The summed E-state index contributed by atoms with van der Waals surface area (Å²) in [7, 11) is 0. The van der Waals surface area contributed by atoms with Crippen molar-refractivity contribution in [2.45, 2.75) is 66.2 Å². The third-order valence-electron chi connectivity index (χ3n) is 6.38. The minimum absolute atomic E-state index is 0.0633. The first kappa shape index (κ1) is 31.1. The van der Waals surface area contributed by atoms with Gasteiger partial charge in [-0.3, -0.25) is 19.3 Å². The smallest absolute Gasteiger partial charge is 0.414 e. The van der Waals surface area contributed by atoms with Gasteiger partial charge in [0, 0.05) is 25.1 Å². The van der Waals surface area contributed by atoms with Gasteiger partial charge in [0.2, 0.25) is 5.91 Å². The number of hydrogen-bond donors (Lipinski definition) is 0. The summed E-state index contributed by atoms with van der Waals surface area (Å²) in [5.41, 5.74) is 1.33. The van der Waals surface area contributed by atoms with E-state index in [2.05, 4.69) is 0 Å². The number of nitrogens with zero attached hydrogens (tertiary/aromatic N) is 3. The summed E-state index contributed by atoms with van der Waals surface area (Å²) < 4.78 is 10.5. The van der Waals surface area contributed by atoms with Crippen molar-refractivity contribution >= 4 is 35.4 Å². The molecule has 0 radical (unpaired) electrons. The summed E-state index contributed by atoms with van der Waals surface area (Å²) >= 11 is 0.